The van der Waals surface area contributed by atoms with E-state index in [1.54, 1.807) is 13.1 Å². The van der Waals surface area contributed by atoms with E-state index in [2.05, 4.69) is 16.2 Å². The van der Waals surface area contributed by atoms with Gasteiger partial charge in [0.05, 0.1) is 5.02 Å². The van der Waals surface area contributed by atoms with Crippen molar-refractivity contribution in [2.45, 2.75) is 0 Å². The molecule has 0 amide bonds. The first kappa shape index (κ1) is 11.0. The van der Waals surface area contributed by atoms with Gasteiger partial charge in [0, 0.05) is 7.05 Å². The first-order chi connectivity index (χ1) is 6.69. The Morgan fingerprint density at radius 2 is 2.29 bits per heavy atom. The van der Waals surface area contributed by atoms with E-state index >= 15 is 0 Å². The number of nitrogens with one attached hydrogen (secondary N) is 1. The van der Waals surface area contributed by atoms with Crippen molar-refractivity contribution < 1.29 is 4.74 Å². The van der Waals surface area contributed by atoms with Crippen LogP contribution in [0.2, 0.25) is 10.0 Å². The van der Waals surface area contributed by atoms with Crippen LogP contribution < -0.4 is 10.1 Å². The molecule has 0 aliphatic carbocycles. The minimum absolute atomic E-state index is 0.123. The number of rotatable bonds is 3. The molecule has 1 aromatic heterocycles. The van der Waals surface area contributed by atoms with E-state index in [1.165, 1.54) is 0 Å². The van der Waals surface area contributed by atoms with Crippen molar-refractivity contribution in [3.05, 3.63) is 16.1 Å². The molecule has 0 bridgehead atoms. The number of nitrogens with zero attached hydrogens (tertiary/aromatic N) is 1. The summed E-state index contributed by atoms with van der Waals surface area (Å²) in [5, 5.41) is 3.58. The highest BCUT2D eigenvalue weighted by molar-refractivity contribution is 6.36. The highest BCUT2D eigenvalue weighted by Gasteiger charge is 2.08. The van der Waals surface area contributed by atoms with Crippen LogP contribution in [-0.4, -0.2) is 18.6 Å². The van der Waals surface area contributed by atoms with Crippen molar-refractivity contribution in [2.24, 2.45) is 0 Å². The van der Waals surface area contributed by atoms with Gasteiger partial charge >= 0.3 is 0 Å². The zero-order valence-electron chi connectivity index (χ0n) is 7.47. The van der Waals surface area contributed by atoms with Gasteiger partial charge in [0.25, 0.3) is 0 Å². The molecule has 0 spiro atoms. The SMILES string of the molecule is C#CCOc1nc(NC)c(Cl)cc1Cl. The van der Waals surface area contributed by atoms with Gasteiger partial charge in [-0.15, -0.1) is 6.42 Å². The first-order valence-electron chi connectivity index (χ1n) is 3.79. The van der Waals surface area contributed by atoms with Gasteiger partial charge < -0.3 is 10.1 Å². The number of aromatic nitrogens is 1. The zero-order chi connectivity index (χ0) is 10.6. The first-order valence-corrected chi connectivity index (χ1v) is 4.54. The predicted molar refractivity (Wildman–Crippen MR) is 58.1 cm³/mol. The lowest BCUT2D eigenvalue weighted by atomic mass is 10.4. The molecule has 5 heteroatoms. The number of anilines is 1. The van der Waals surface area contributed by atoms with Crippen molar-refractivity contribution in [3.63, 3.8) is 0 Å². The van der Waals surface area contributed by atoms with Crippen LogP contribution in [0.1, 0.15) is 0 Å². The van der Waals surface area contributed by atoms with Crippen molar-refractivity contribution in [1.29, 1.82) is 0 Å². The largest absolute Gasteiger partial charge is 0.463 e. The molecule has 0 radical (unpaired) electrons. The van der Waals surface area contributed by atoms with Gasteiger partial charge in [0.15, 0.2) is 6.61 Å². The van der Waals surface area contributed by atoms with Crippen molar-refractivity contribution in [3.8, 4) is 18.2 Å². The van der Waals surface area contributed by atoms with Crippen LogP contribution in [0.4, 0.5) is 5.82 Å². The second-order valence-electron chi connectivity index (χ2n) is 2.35. The summed E-state index contributed by atoms with van der Waals surface area (Å²) >= 11 is 11.7. The summed E-state index contributed by atoms with van der Waals surface area (Å²) < 4.78 is 5.11. The number of terminal acetylenes is 1. The Labute approximate surface area is 92.4 Å². The summed E-state index contributed by atoms with van der Waals surface area (Å²) in [6.45, 7) is 0.123. The Bertz CT molecular complexity index is 374. The number of pyridine rings is 1. The second-order valence-corrected chi connectivity index (χ2v) is 3.16. The third-order valence-electron chi connectivity index (χ3n) is 1.43. The maximum absolute atomic E-state index is 5.83. The van der Waals surface area contributed by atoms with Gasteiger partial charge in [-0.1, -0.05) is 29.1 Å². The molecule has 0 aliphatic rings. The van der Waals surface area contributed by atoms with E-state index in [0.29, 0.717) is 15.9 Å². The van der Waals surface area contributed by atoms with E-state index in [0.717, 1.165) is 0 Å². The van der Waals surface area contributed by atoms with Crippen molar-refractivity contribution in [2.75, 3.05) is 19.0 Å². The quantitative estimate of drug-likeness (QED) is 0.811. The second kappa shape index (κ2) is 4.94. The summed E-state index contributed by atoms with van der Waals surface area (Å²) in [4.78, 5) is 4.04. The molecule has 74 valence electrons. The Hall–Kier alpha value is -1.11. The molecular formula is C9H8Cl2N2O. The van der Waals surface area contributed by atoms with Crippen LogP contribution in [0.5, 0.6) is 5.88 Å². The van der Waals surface area contributed by atoms with Crippen LogP contribution in [0.25, 0.3) is 0 Å². The van der Waals surface area contributed by atoms with E-state index in [9.17, 15) is 0 Å². The Kier molecular flexibility index (Phi) is 3.87. The van der Waals surface area contributed by atoms with Gasteiger partial charge in [-0.05, 0) is 6.07 Å². The highest BCUT2D eigenvalue weighted by Crippen LogP contribution is 2.30. The fourth-order valence-electron chi connectivity index (χ4n) is 0.836. The maximum atomic E-state index is 5.83. The molecule has 0 aromatic carbocycles. The topological polar surface area (TPSA) is 34.1 Å². The molecule has 1 heterocycles. The molecular weight excluding hydrogens is 223 g/mol. The minimum atomic E-state index is 0.123. The summed E-state index contributed by atoms with van der Waals surface area (Å²) in [6, 6.07) is 1.55. The molecule has 3 nitrogen and oxygen atoms in total. The highest BCUT2D eigenvalue weighted by atomic mass is 35.5. The molecule has 0 saturated heterocycles. The maximum Gasteiger partial charge on any atom is 0.235 e. The van der Waals surface area contributed by atoms with Crippen LogP contribution in [0.3, 0.4) is 0 Å². The van der Waals surface area contributed by atoms with E-state index < -0.39 is 0 Å². The van der Waals surface area contributed by atoms with Crippen LogP contribution >= 0.6 is 23.2 Å². The summed E-state index contributed by atoms with van der Waals surface area (Å²) in [5.41, 5.74) is 0. The lowest BCUT2D eigenvalue weighted by Gasteiger charge is -2.07. The normalized spacial score (nSPS) is 9.29. The van der Waals surface area contributed by atoms with Gasteiger partial charge in [0.1, 0.15) is 10.8 Å². The molecule has 1 rings (SSSR count). The minimum Gasteiger partial charge on any atom is -0.463 e. The number of halogens is 2. The van der Waals surface area contributed by atoms with Crippen molar-refractivity contribution in [1.82, 2.24) is 4.98 Å². The third-order valence-corrected chi connectivity index (χ3v) is 1.99. The molecule has 1 N–H and O–H groups in total. The van der Waals surface area contributed by atoms with E-state index in [-0.39, 0.29) is 12.5 Å². The predicted octanol–water partition coefficient (Wildman–Crippen LogP) is 2.44. The lowest BCUT2D eigenvalue weighted by molar-refractivity contribution is 0.356. The smallest absolute Gasteiger partial charge is 0.235 e. The van der Waals surface area contributed by atoms with E-state index in [4.69, 9.17) is 34.4 Å². The average molecular weight is 231 g/mol. The Morgan fingerprint density at radius 1 is 1.57 bits per heavy atom. The fraction of sp³-hybridized carbons (Fsp3) is 0.222. The number of ether oxygens (including phenoxy) is 1. The molecule has 1 aromatic rings. The monoisotopic (exact) mass is 230 g/mol. The number of hydrogen-bond acceptors (Lipinski definition) is 3. The summed E-state index contributed by atoms with van der Waals surface area (Å²) in [5.74, 6) is 3.10. The van der Waals surface area contributed by atoms with Gasteiger partial charge in [-0.2, -0.15) is 4.98 Å². The molecule has 0 atom stereocenters. The molecule has 0 saturated carbocycles. The van der Waals surface area contributed by atoms with Gasteiger partial charge in [-0.25, -0.2) is 0 Å². The Morgan fingerprint density at radius 3 is 2.86 bits per heavy atom. The van der Waals surface area contributed by atoms with Crippen LogP contribution in [0.15, 0.2) is 6.07 Å². The van der Waals surface area contributed by atoms with Gasteiger partial charge in [0.2, 0.25) is 5.88 Å². The van der Waals surface area contributed by atoms with Crippen LogP contribution in [-0.2, 0) is 0 Å². The molecule has 0 aliphatic heterocycles. The average Bonchev–Trinajstić information content (AvgIpc) is 2.17. The number of hydrogen-bond donors (Lipinski definition) is 1. The summed E-state index contributed by atoms with van der Waals surface area (Å²) in [6.07, 6.45) is 5.04. The summed E-state index contributed by atoms with van der Waals surface area (Å²) in [7, 11) is 1.70. The fourth-order valence-corrected chi connectivity index (χ4v) is 1.34. The van der Waals surface area contributed by atoms with Crippen LogP contribution in [0, 0.1) is 12.3 Å². The Balaban J connectivity index is 2.99. The molecule has 0 unspecified atom stereocenters. The molecule has 14 heavy (non-hydrogen) atoms. The van der Waals surface area contributed by atoms with E-state index in [1.807, 2.05) is 0 Å². The third kappa shape index (κ3) is 2.44. The van der Waals surface area contributed by atoms with Crippen molar-refractivity contribution >= 4 is 29.0 Å². The standard InChI is InChI=1S/C9H8Cl2N2O/c1-3-4-14-9-7(11)5-6(10)8(12-2)13-9/h1,5H,4H2,2H3,(H,12,13). The lowest BCUT2D eigenvalue weighted by Crippen LogP contribution is -2.00. The zero-order valence-corrected chi connectivity index (χ0v) is 8.99. The van der Waals surface area contributed by atoms with Gasteiger partial charge in [-0.3, -0.25) is 0 Å². The molecule has 0 fully saturated rings.